The van der Waals surface area contributed by atoms with Crippen LogP contribution >= 0.6 is 11.3 Å². The number of aromatic nitrogens is 2. The van der Waals surface area contributed by atoms with E-state index in [1.165, 1.54) is 23.2 Å². The van der Waals surface area contributed by atoms with Crippen LogP contribution in [0.4, 0.5) is 5.13 Å². The van der Waals surface area contributed by atoms with E-state index in [2.05, 4.69) is 15.5 Å². The number of likely N-dealkylation sites (tertiary alicyclic amines) is 1. The Morgan fingerprint density at radius 3 is 2.78 bits per heavy atom. The molecule has 138 valence electrons. The minimum absolute atomic E-state index is 0.243. The van der Waals surface area contributed by atoms with Crippen molar-refractivity contribution in [3.63, 3.8) is 0 Å². The Kier molecular flexibility index (Phi) is 4.72. The number of aryl methyl sites for hydroxylation is 1. The highest BCUT2D eigenvalue weighted by molar-refractivity contribution is 7.18. The van der Waals surface area contributed by atoms with Crippen molar-refractivity contribution in [2.24, 2.45) is 0 Å². The van der Waals surface area contributed by atoms with Gasteiger partial charge in [-0.05, 0) is 31.9 Å². The van der Waals surface area contributed by atoms with Gasteiger partial charge in [0.05, 0.1) is 6.26 Å². The Bertz CT molecular complexity index is 950. The van der Waals surface area contributed by atoms with Crippen LogP contribution < -0.4 is 5.32 Å². The summed E-state index contributed by atoms with van der Waals surface area (Å²) in [6.45, 7) is 2.55. The topological polar surface area (TPSA) is 88.3 Å². The van der Waals surface area contributed by atoms with E-state index < -0.39 is 6.04 Å². The molecule has 1 aliphatic heterocycles. The summed E-state index contributed by atoms with van der Waals surface area (Å²) in [6.07, 6.45) is 2.84. The summed E-state index contributed by atoms with van der Waals surface area (Å²) in [7, 11) is 0. The van der Waals surface area contributed by atoms with Crippen LogP contribution in [0.15, 0.2) is 47.1 Å². The maximum absolute atomic E-state index is 12.7. The van der Waals surface area contributed by atoms with Gasteiger partial charge in [0.2, 0.25) is 11.0 Å². The molecule has 3 heterocycles. The second-order valence-electron chi connectivity index (χ2n) is 6.40. The van der Waals surface area contributed by atoms with Crippen molar-refractivity contribution in [1.29, 1.82) is 0 Å². The van der Waals surface area contributed by atoms with Crippen LogP contribution in [0.2, 0.25) is 0 Å². The monoisotopic (exact) mass is 382 g/mol. The van der Waals surface area contributed by atoms with E-state index in [1.807, 2.05) is 31.2 Å². The molecule has 2 amide bonds. The number of carbonyl (C=O) groups excluding carboxylic acids is 2. The average Bonchev–Trinajstić information content (AvgIpc) is 3.42. The molecule has 0 saturated carbocycles. The first-order chi connectivity index (χ1) is 13.1. The fraction of sp³-hybridized carbons (Fsp3) is 0.263. The Labute approximate surface area is 160 Å². The van der Waals surface area contributed by atoms with Gasteiger partial charge in [0, 0.05) is 12.1 Å². The zero-order valence-corrected chi connectivity index (χ0v) is 15.5. The number of anilines is 1. The fourth-order valence-corrected chi connectivity index (χ4v) is 3.85. The molecule has 1 aliphatic rings. The predicted octanol–water partition coefficient (Wildman–Crippen LogP) is 3.35. The van der Waals surface area contributed by atoms with E-state index in [-0.39, 0.29) is 17.6 Å². The molecular weight excluding hydrogens is 364 g/mol. The predicted molar refractivity (Wildman–Crippen MR) is 101 cm³/mol. The molecule has 2 aromatic heterocycles. The summed E-state index contributed by atoms with van der Waals surface area (Å²) < 4.78 is 5.17. The number of rotatable bonds is 4. The van der Waals surface area contributed by atoms with Crippen molar-refractivity contribution in [1.82, 2.24) is 15.1 Å². The van der Waals surface area contributed by atoms with Gasteiger partial charge in [-0.1, -0.05) is 41.2 Å². The molecule has 0 bridgehead atoms. The standard InChI is InChI=1S/C19H18N4O3S/c1-12-6-8-13(9-7-12)17-21-22-19(27-17)20-16(24)14-4-2-10-23(14)18(25)15-5-3-11-26-15/h3,5-9,11,14H,2,4,10H2,1H3,(H,20,22,24). The van der Waals surface area contributed by atoms with E-state index >= 15 is 0 Å². The Morgan fingerprint density at radius 1 is 1.22 bits per heavy atom. The molecule has 7 nitrogen and oxygen atoms in total. The van der Waals surface area contributed by atoms with Gasteiger partial charge in [0.1, 0.15) is 11.0 Å². The van der Waals surface area contributed by atoms with Crippen molar-refractivity contribution in [3.05, 3.63) is 54.0 Å². The molecule has 3 aromatic rings. The second kappa shape index (κ2) is 7.32. The van der Waals surface area contributed by atoms with Gasteiger partial charge in [-0.15, -0.1) is 10.2 Å². The van der Waals surface area contributed by atoms with E-state index in [0.717, 1.165) is 17.0 Å². The molecular formula is C19H18N4O3S. The van der Waals surface area contributed by atoms with E-state index in [0.29, 0.717) is 18.1 Å². The highest BCUT2D eigenvalue weighted by Gasteiger charge is 2.35. The molecule has 1 N–H and O–H groups in total. The molecule has 0 radical (unpaired) electrons. The van der Waals surface area contributed by atoms with E-state index in [4.69, 9.17) is 4.42 Å². The highest BCUT2D eigenvalue weighted by Crippen LogP contribution is 2.28. The summed E-state index contributed by atoms with van der Waals surface area (Å²) >= 11 is 1.31. The third-order valence-corrected chi connectivity index (χ3v) is 5.39. The van der Waals surface area contributed by atoms with Crippen LogP contribution in [0.1, 0.15) is 29.0 Å². The molecule has 0 aliphatic carbocycles. The summed E-state index contributed by atoms with van der Waals surface area (Å²) in [5.74, 6) is -0.276. The van der Waals surface area contributed by atoms with Crippen molar-refractivity contribution in [3.8, 4) is 10.6 Å². The maximum Gasteiger partial charge on any atom is 0.290 e. The molecule has 1 unspecified atom stereocenters. The third kappa shape index (κ3) is 3.61. The maximum atomic E-state index is 12.7. The van der Waals surface area contributed by atoms with E-state index in [1.54, 1.807) is 17.0 Å². The summed E-state index contributed by atoms with van der Waals surface area (Å²) in [5.41, 5.74) is 2.12. The molecule has 1 saturated heterocycles. The van der Waals surface area contributed by atoms with Crippen LogP contribution in [0.3, 0.4) is 0 Å². The van der Waals surface area contributed by atoms with Gasteiger partial charge in [0.15, 0.2) is 5.76 Å². The lowest BCUT2D eigenvalue weighted by Gasteiger charge is -2.22. The SMILES string of the molecule is Cc1ccc(-c2nnc(NC(=O)C3CCCN3C(=O)c3ccco3)s2)cc1. The zero-order chi connectivity index (χ0) is 18.8. The minimum atomic E-state index is -0.533. The minimum Gasteiger partial charge on any atom is -0.459 e. The van der Waals surface area contributed by atoms with Crippen LogP contribution in [-0.4, -0.2) is 39.5 Å². The van der Waals surface area contributed by atoms with Crippen LogP contribution in [0.5, 0.6) is 0 Å². The first-order valence-corrected chi connectivity index (χ1v) is 9.49. The molecule has 27 heavy (non-hydrogen) atoms. The number of hydrogen-bond acceptors (Lipinski definition) is 6. The quantitative estimate of drug-likeness (QED) is 0.748. The lowest BCUT2D eigenvalue weighted by molar-refractivity contribution is -0.119. The third-order valence-electron chi connectivity index (χ3n) is 4.50. The number of furan rings is 1. The molecule has 1 atom stereocenters. The Morgan fingerprint density at radius 2 is 2.04 bits per heavy atom. The van der Waals surface area contributed by atoms with Crippen molar-refractivity contribution in [2.45, 2.75) is 25.8 Å². The number of nitrogens with one attached hydrogen (secondary N) is 1. The first-order valence-electron chi connectivity index (χ1n) is 8.68. The smallest absolute Gasteiger partial charge is 0.290 e. The molecule has 1 fully saturated rings. The number of benzene rings is 1. The molecule has 4 rings (SSSR count). The highest BCUT2D eigenvalue weighted by atomic mass is 32.1. The molecule has 1 aromatic carbocycles. The van der Waals surface area contributed by atoms with E-state index in [9.17, 15) is 9.59 Å². The Balaban J connectivity index is 1.46. The largest absolute Gasteiger partial charge is 0.459 e. The van der Waals surface area contributed by atoms with Crippen LogP contribution in [0.25, 0.3) is 10.6 Å². The summed E-state index contributed by atoms with van der Waals surface area (Å²) in [5, 5.41) is 12.2. The fourth-order valence-electron chi connectivity index (χ4n) is 3.10. The lowest BCUT2D eigenvalue weighted by atomic mass is 10.2. The zero-order valence-electron chi connectivity index (χ0n) is 14.7. The first kappa shape index (κ1) is 17.4. The van der Waals surface area contributed by atoms with Gasteiger partial charge in [0.25, 0.3) is 5.91 Å². The number of nitrogens with zero attached hydrogens (tertiary/aromatic N) is 3. The van der Waals surface area contributed by atoms with Gasteiger partial charge < -0.3 is 9.32 Å². The molecule has 0 spiro atoms. The van der Waals surface area contributed by atoms with Gasteiger partial charge in [-0.3, -0.25) is 14.9 Å². The Hall–Kier alpha value is -3.00. The second-order valence-corrected chi connectivity index (χ2v) is 7.38. The normalized spacial score (nSPS) is 16.5. The summed E-state index contributed by atoms with van der Waals surface area (Å²) in [4.78, 5) is 26.8. The average molecular weight is 382 g/mol. The molecule has 8 heteroatoms. The number of carbonyl (C=O) groups is 2. The summed E-state index contributed by atoms with van der Waals surface area (Å²) in [6, 6.07) is 10.7. The van der Waals surface area contributed by atoms with Gasteiger partial charge in [-0.2, -0.15) is 0 Å². The van der Waals surface area contributed by atoms with Crippen LogP contribution in [-0.2, 0) is 4.79 Å². The van der Waals surface area contributed by atoms with Crippen molar-refractivity contribution < 1.29 is 14.0 Å². The lowest BCUT2D eigenvalue weighted by Crippen LogP contribution is -2.43. The van der Waals surface area contributed by atoms with Crippen LogP contribution in [0, 0.1) is 6.92 Å². The van der Waals surface area contributed by atoms with Crippen molar-refractivity contribution >= 4 is 28.3 Å². The number of hydrogen-bond donors (Lipinski definition) is 1. The number of amides is 2. The van der Waals surface area contributed by atoms with Gasteiger partial charge >= 0.3 is 0 Å². The van der Waals surface area contributed by atoms with Gasteiger partial charge in [-0.25, -0.2) is 0 Å². The van der Waals surface area contributed by atoms with Crippen molar-refractivity contribution in [2.75, 3.05) is 11.9 Å².